The van der Waals surface area contributed by atoms with Crippen LogP contribution in [0.15, 0.2) is 29.3 Å². The highest BCUT2D eigenvalue weighted by atomic mass is 16.5. The molecule has 6 rings (SSSR count). The van der Waals surface area contributed by atoms with Crippen molar-refractivity contribution < 1.29 is 9.53 Å². The highest BCUT2D eigenvalue weighted by Crippen LogP contribution is 2.56. The second kappa shape index (κ2) is 4.83. The van der Waals surface area contributed by atoms with Gasteiger partial charge in [-0.2, -0.15) is 4.99 Å². The normalized spacial score (nSPS) is 37.7. The Bertz CT molecular complexity index is 659. The molecule has 0 aromatic heterocycles. The van der Waals surface area contributed by atoms with Gasteiger partial charge < -0.3 is 10.1 Å². The standard InChI is InChI=1S/C19H22N2O2/c22-17-11-23-18(20-17)15-3-1-2-4-16(15)21-19-8-12-5-13(9-19)7-14(6-12)10-19/h1-4,12-14,21H,5-11H2. The van der Waals surface area contributed by atoms with E-state index in [0.717, 1.165) is 29.0 Å². The molecule has 120 valence electrons. The lowest BCUT2D eigenvalue weighted by atomic mass is 9.53. The molecule has 4 bridgehead atoms. The minimum Gasteiger partial charge on any atom is -0.467 e. The maximum Gasteiger partial charge on any atom is 0.286 e. The van der Waals surface area contributed by atoms with Crippen LogP contribution in [0, 0.1) is 17.8 Å². The number of benzene rings is 1. The first-order valence-electron chi connectivity index (χ1n) is 8.81. The number of anilines is 1. The van der Waals surface area contributed by atoms with E-state index in [1.165, 1.54) is 38.5 Å². The van der Waals surface area contributed by atoms with Crippen molar-refractivity contribution >= 4 is 17.5 Å². The molecular weight excluding hydrogens is 288 g/mol. The van der Waals surface area contributed by atoms with Gasteiger partial charge in [-0.05, 0) is 68.4 Å². The Balaban J connectivity index is 1.47. The number of para-hydroxylation sites is 1. The Morgan fingerprint density at radius 3 is 2.30 bits per heavy atom. The molecule has 0 spiro atoms. The second-order valence-corrected chi connectivity index (χ2v) is 7.97. The number of aliphatic imine (C=N–C) groups is 1. The molecule has 4 fully saturated rings. The van der Waals surface area contributed by atoms with E-state index in [1.807, 2.05) is 18.2 Å². The van der Waals surface area contributed by atoms with Crippen molar-refractivity contribution in [3.8, 4) is 0 Å². The van der Waals surface area contributed by atoms with Crippen molar-refractivity contribution in [2.24, 2.45) is 22.7 Å². The minimum atomic E-state index is -0.190. The Morgan fingerprint density at radius 1 is 1.04 bits per heavy atom. The van der Waals surface area contributed by atoms with E-state index in [-0.39, 0.29) is 18.1 Å². The Kier molecular flexibility index (Phi) is 2.85. The predicted octanol–water partition coefficient (Wildman–Crippen LogP) is 3.37. The summed E-state index contributed by atoms with van der Waals surface area (Å²) < 4.78 is 5.47. The first kappa shape index (κ1) is 13.6. The van der Waals surface area contributed by atoms with Crippen molar-refractivity contribution in [1.82, 2.24) is 0 Å². The van der Waals surface area contributed by atoms with Gasteiger partial charge in [-0.15, -0.1) is 0 Å². The van der Waals surface area contributed by atoms with Crippen LogP contribution in [0.4, 0.5) is 5.69 Å². The van der Waals surface area contributed by atoms with Gasteiger partial charge in [0.2, 0.25) is 5.90 Å². The average molecular weight is 310 g/mol. The van der Waals surface area contributed by atoms with Gasteiger partial charge in [-0.3, -0.25) is 4.79 Å². The molecule has 0 radical (unpaired) electrons. The largest absolute Gasteiger partial charge is 0.467 e. The molecule has 4 aliphatic carbocycles. The lowest BCUT2D eigenvalue weighted by Gasteiger charge is -2.57. The third-order valence-corrected chi connectivity index (χ3v) is 6.15. The van der Waals surface area contributed by atoms with Crippen molar-refractivity contribution in [2.75, 3.05) is 11.9 Å². The number of rotatable bonds is 3. The SMILES string of the molecule is O=C1COC(c2ccccc2NC23CC4CC(CC(C4)C2)C3)=N1. The number of ether oxygens (including phenoxy) is 1. The zero-order valence-electron chi connectivity index (χ0n) is 13.3. The van der Waals surface area contributed by atoms with Crippen molar-refractivity contribution in [1.29, 1.82) is 0 Å². The summed E-state index contributed by atoms with van der Waals surface area (Å²) in [4.78, 5) is 15.4. The summed E-state index contributed by atoms with van der Waals surface area (Å²) >= 11 is 0. The van der Waals surface area contributed by atoms with E-state index < -0.39 is 0 Å². The van der Waals surface area contributed by atoms with E-state index in [0.29, 0.717) is 5.90 Å². The molecule has 4 saturated carbocycles. The van der Waals surface area contributed by atoms with Crippen LogP contribution < -0.4 is 5.32 Å². The Hall–Kier alpha value is -1.84. The second-order valence-electron chi connectivity index (χ2n) is 7.97. The van der Waals surface area contributed by atoms with E-state index >= 15 is 0 Å². The molecule has 1 aromatic carbocycles. The average Bonchev–Trinajstić information content (AvgIpc) is 2.92. The molecule has 4 nitrogen and oxygen atoms in total. The van der Waals surface area contributed by atoms with Crippen molar-refractivity contribution in [2.45, 2.75) is 44.1 Å². The molecule has 0 atom stereocenters. The third kappa shape index (κ3) is 2.27. The number of carbonyl (C=O) groups excluding carboxylic acids is 1. The van der Waals surface area contributed by atoms with Gasteiger partial charge in [0.15, 0.2) is 6.61 Å². The van der Waals surface area contributed by atoms with Crippen molar-refractivity contribution in [3.63, 3.8) is 0 Å². The highest BCUT2D eigenvalue weighted by Gasteiger charge is 2.51. The van der Waals surface area contributed by atoms with Crippen LogP contribution >= 0.6 is 0 Å². The monoisotopic (exact) mass is 310 g/mol. The summed E-state index contributed by atoms with van der Waals surface area (Å²) in [6.45, 7) is 0.0705. The molecule has 1 heterocycles. The molecule has 1 aliphatic heterocycles. The first-order chi connectivity index (χ1) is 11.2. The van der Waals surface area contributed by atoms with Gasteiger partial charge in [0.25, 0.3) is 5.91 Å². The topological polar surface area (TPSA) is 50.7 Å². The summed E-state index contributed by atoms with van der Waals surface area (Å²) in [5, 5.41) is 3.87. The van der Waals surface area contributed by atoms with Gasteiger partial charge in [-0.1, -0.05) is 12.1 Å². The Morgan fingerprint density at radius 2 is 1.70 bits per heavy atom. The number of amides is 1. The van der Waals surface area contributed by atoms with E-state index in [4.69, 9.17) is 4.74 Å². The van der Waals surface area contributed by atoms with E-state index in [9.17, 15) is 4.79 Å². The highest BCUT2D eigenvalue weighted by molar-refractivity contribution is 6.08. The maximum absolute atomic E-state index is 11.4. The van der Waals surface area contributed by atoms with Crippen LogP contribution in [-0.4, -0.2) is 24.0 Å². The van der Waals surface area contributed by atoms with Crippen LogP contribution in [0.1, 0.15) is 44.1 Å². The molecule has 23 heavy (non-hydrogen) atoms. The minimum absolute atomic E-state index is 0.0705. The van der Waals surface area contributed by atoms with Crippen molar-refractivity contribution in [3.05, 3.63) is 29.8 Å². The van der Waals surface area contributed by atoms with Gasteiger partial charge in [0.1, 0.15) is 0 Å². The molecule has 5 aliphatic rings. The molecule has 0 saturated heterocycles. The third-order valence-electron chi connectivity index (χ3n) is 6.15. The van der Waals surface area contributed by atoms with Gasteiger partial charge in [0.05, 0.1) is 5.56 Å². The summed E-state index contributed by atoms with van der Waals surface area (Å²) in [5.41, 5.74) is 2.24. The summed E-state index contributed by atoms with van der Waals surface area (Å²) in [6, 6.07) is 8.13. The number of carbonyl (C=O) groups is 1. The fraction of sp³-hybridized carbons (Fsp3) is 0.579. The maximum atomic E-state index is 11.4. The lowest BCUT2D eigenvalue weighted by molar-refractivity contribution is -0.118. The Labute approximate surface area is 136 Å². The number of nitrogens with zero attached hydrogens (tertiary/aromatic N) is 1. The summed E-state index contributed by atoms with van der Waals surface area (Å²) in [7, 11) is 0. The molecule has 1 aromatic rings. The molecular formula is C19H22N2O2. The lowest BCUT2D eigenvalue weighted by Crippen LogP contribution is -2.54. The van der Waals surface area contributed by atoms with Crippen LogP contribution in [0.5, 0.6) is 0 Å². The zero-order valence-corrected chi connectivity index (χ0v) is 13.3. The van der Waals surface area contributed by atoms with E-state index in [1.54, 1.807) is 0 Å². The van der Waals surface area contributed by atoms with Crippen LogP contribution in [0.3, 0.4) is 0 Å². The molecule has 4 heteroatoms. The quantitative estimate of drug-likeness (QED) is 0.931. The van der Waals surface area contributed by atoms with Gasteiger partial charge >= 0.3 is 0 Å². The van der Waals surface area contributed by atoms with Crippen LogP contribution in [0.2, 0.25) is 0 Å². The summed E-state index contributed by atoms with van der Waals surface area (Å²) in [6.07, 6.45) is 8.19. The smallest absolute Gasteiger partial charge is 0.286 e. The van der Waals surface area contributed by atoms with Crippen LogP contribution in [0.25, 0.3) is 0 Å². The molecule has 1 N–H and O–H groups in total. The number of nitrogens with one attached hydrogen (secondary N) is 1. The molecule has 1 amide bonds. The van der Waals surface area contributed by atoms with Gasteiger partial charge in [-0.25, -0.2) is 0 Å². The zero-order chi connectivity index (χ0) is 15.4. The summed E-state index contributed by atoms with van der Waals surface area (Å²) in [5.74, 6) is 3.00. The first-order valence-corrected chi connectivity index (χ1v) is 8.81. The fourth-order valence-electron chi connectivity index (χ4n) is 5.77. The van der Waals surface area contributed by atoms with E-state index in [2.05, 4.69) is 16.4 Å². The van der Waals surface area contributed by atoms with Crippen LogP contribution in [-0.2, 0) is 9.53 Å². The molecule has 0 unspecified atom stereocenters. The number of hydrogen-bond donors (Lipinski definition) is 1. The number of hydrogen-bond acceptors (Lipinski definition) is 3. The van der Waals surface area contributed by atoms with Gasteiger partial charge in [0, 0.05) is 11.2 Å². The predicted molar refractivity (Wildman–Crippen MR) is 88.5 cm³/mol. The fourth-order valence-corrected chi connectivity index (χ4v) is 5.77.